The number of nitrogens with two attached hydrogens (primary N) is 1. The molecule has 3 aromatic rings. The number of hydrazone groups is 1. The lowest BCUT2D eigenvalue weighted by Gasteiger charge is -2.03. The van der Waals surface area contributed by atoms with Crippen LogP contribution in [0.4, 0.5) is 5.95 Å². The summed E-state index contributed by atoms with van der Waals surface area (Å²) in [6.45, 7) is 1.98. The van der Waals surface area contributed by atoms with Crippen molar-refractivity contribution in [2.45, 2.75) is 12.1 Å². The molecular formula is C19H20N6O2S. The molecule has 1 aromatic heterocycles. The van der Waals surface area contributed by atoms with Crippen molar-refractivity contribution in [2.24, 2.45) is 5.10 Å². The summed E-state index contributed by atoms with van der Waals surface area (Å²) < 4.78 is 6.43. The first kappa shape index (κ1) is 19.4. The van der Waals surface area contributed by atoms with Gasteiger partial charge in [0.2, 0.25) is 5.16 Å². The normalized spacial score (nSPS) is 10.9. The van der Waals surface area contributed by atoms with Crippen LogP contribution in [0.15, 0.2) is 58.8 Å². The highest BCUT2D eigenvalue weighted by Gasteiger charge is 2.13. The third-order valence-corrected chi connectivity index (χ3v) is 4.79. The fraction of sp³-hybridized carbons (Fsp3) is 0.158. The molecule has 3 rings (SSSR count). The first-order chi connectivity index (χ1) is 13.6. The average molecular weight is 396 g/mol. The molecule has 0 amide bonds. The molecule has 9 heteroatoms. The standard InChI is InChI=1S/C19H20N6O2S/c1-13-6-8-15(9-7-13)17(26)12-28-19-24-23-18(25(19)20)22-21-11-14-4-3-5-16(10-14)27-2/h3-11H,12,20H2,1-2H3,(H,22,23)/b21-11+. The maximum absolute atomic E-state index is 12.3. The minimum atomic E-state index is -0.00134. The van der Waals surface area contributed by atoms with Gasteiger partial charge < -0.3 is 10.6 Å². The Hall–Kier alpha value is -3.33. The maximum Gasteiger partial charge on any atom is 0.264 e. The van der Waals surface area contributed by atoms with E-state index in [9.17, 15) is 4.79 Å². The van der Waals surface area contributed by atoms with Crippen LogP contribution in [0.1, 0.15) is 21.5 Å². The number of hydrogen-bond acceptors (Lipinski definition) is 8. The first-order valence-electron chi connectivity index (χ1n) is 8.43. The van der Waals surface area contributed by atoms with E-state index in [1.165, 1.54) is 16.4 Å². The van der Waals surface area contributed by atoms with Crippen molar-refractivity contribution in [1.82, 2.24) is 14.9 Å². The van der Waals surface area contributed by atoms with E-state index >= 15 is 0 Å². The van der Waals surface area contributed by atoms with Crippen LogP contribution < -0.4 is 16.0 Å². The number of ketones is 1. The van der Waals surface area contributed by atoms with Gasteiger partial charge in [-0.25, -0.2) is 10.1 Å². The van der Waals surface area contributed by atoms with Crippen LogP contribution in [0.3, 0.4) is 0 Å². The number of carbonyl (C=O) groups excluding carboxylic acids is 1. The fourth-order valence-corrected chi connectivity index (χ4v) is 3.04. The van der Waals surface area contributed by atoms with E-state index in [0.717, 1.165) is 16.9 Å². The summed E-state index contributed by atoms with van der Waals surface area (Å²) in [4.78, 5) is 12.3. The summed E-state index contributed by atoms with van der Waals surface area (Å²) in [5.41, 5.74) is 5.36. The number of aryl methyl sites for hydroxylation is 1. The Kier molecular flexibility index (Phi) is 6.28. The lowest BCUT2D eigenvalue weighted by atomic mass is 10.1. The zero-order valence-corrected chi connectivity index (χ0v) is 16.3. The number of nitrogen functional groups attached to an aromatic ring is 1. The van der Waals surface area contributed by atoms with Crippen molar-refractivity contribution in [3.05, 3.63) is 65.2 Å². The molecular weight excluding hydrogens is 376 g/mol. The third kappa shape index (κ3) is 4.89. The van der Waals surface area contributed by atoms with Gasteiger partial charge in [0.05, 0.1) is 19.1 Å². The van der Waals surface area contributed by atoms with Crippen molar-refractivity contribution in [3.8, 4) is 5.75 Å². The molecule has 0 spiro atoms. The van der Waals surface area contributed by atoms with E-state index in [0.29, 0.717) is 10.7 Å². The molecule has 28 heavy (non-hydrogen) atoms. The second kappa shape index (κ2) is 9.05. The summed E-state index contributed by atoms with van der Waals surface area (Å²) in [5, 5.41) is 12.5. The molecule has 0 saturated heterocycles. The Morgan fingerprint density at radius 1 is 1.29 bits per heavy atom. The van der Waals surface area contributed by atoms with Crippen molar-refractivity contribution in [3.63, 3.8) is 0 Å². The molecule has 0 unspecified atom stereocenters. The molecule has 0 aliphatic carbocycles. The van der Waals surface area contributed by atoms with Gasteiger partial charge in [-0.2, -0.15) is 5.10 Å². The number of Topliss-reactive ketones (excluding diaryl/α,β-unsaturated/α-hetero) is 1. The van der Waals surface area contributed by atoms with E-state index in [1.54, 1.807) is 13.3 Å². The van der Waals surface area contributed by atoms with Gasteiger partial charge in [0.15, 0.2) is 5.78 Å². The van der Waals surface area contributed by atoms with Gasteiger partial charge in [0, 0.05) is 5.56 Å². The lowest BCUT2D eigenvalue weighted by Crippen LogP contribution is -2.14. The van der Waals surface area contributed by atoms with Crippen molar-refractivity contribution >= 4 is 29.7 Å². The predicted molar refractivity (Wildman–Crippen MR) is 111 cm³/mol. The number of methoxy groups -OCH3 is 1. The predicted octanol–water partition coefficient (Wildman–Crippen LogP) is 2.73. The van der Waals surface area contributed by atoms with Gasteiger partial charge in [0.25, 0.3) is 5.95 Å². The van der Waals surface area contributed by atoms with E-state index < -0.39 is 0 Å². The van der Waals surface area contributed by atoms with Crippen LogP contribution in [-0.4, -0.2) is 39.7 Å². The molecule has 0 atom stereocenters. The highest BCUT2D eigenvalue weighted by molar-refractivity contribution is 7.99. The summed E-state index contributed by atoms with van der Waals surface area (Å²) >= 11 is 1.22. The Labute approximate surface area is 166 Å². The molecule has 1 heterocycles. The number of aromatic nitrogens is 3. The van der Waals surface area contributed by atoms with Crippen LogP contribution in [-0.2, 0) is 0 Å². The molecule has 0 radical (unpaired) electrons. The lowest BCUT2D eigenvalue weighted by molar-refractivity contribution is 0.102. The molecule has 3 N–H and O–H groups in total. The van der Waals surface area contributed by atoms with E-state index in [-0.39, 0.29) is 17.5 Å². The Morgan fingerprint density at radius 3 is 2.82 bits per heavy atom. The quantitative estimate of drug-likeness (QED) is 0.198. The first-order valence-corrected chi connectivity index (χ1v) is 9.41. The van der Waals surface area contributed by atoms with E-state index in [4.69, 9.17) is 10.6 Å². The highest BCUT2D eigenvalue weighted by atomic mass is 32.2. The van der Waals surface area contributed by atoms with Gasteiger partial charge in [-0.05, 0) is 24.6 Å². The van der Waals surface area contributed by atoms with Gasteiger partial charge in [-0.3, -0.25) is 4.79 Å². The number of rotatable bonds is 8. The SMILES string of the molecule is COc1cccc(/C=N/Nc2nnc(SCC(=O)c3ccc(C)cc3)n2N)c1. The van der Waals surface area contributed by atoms with Crippen LogP contribution in [0, 0.1) is 6.92 Å². The maximum atomic E-state index is 12.3. The smallest absolute Gasteiger partial charge is 0.264 e. The number of benzene rings is 2. The second-order valence-corrected chi connectivity index (χ2v) is 6.84. The Balaban J connectivity index is 1.58. The summed E-state index contributed by atoms with van der Waals surface area (Å²) in [6, 6.07) is 14.9. The topological polar surface area (TPSA) is 107 Å². The molecule has 0 saturated carbocycles. The second-order valence-electron chi connectivity index (χ2n) is 5.90. The number of hydrogen-bond donors (Lipinski definition) is 2. The van der Waals surface area contributed by atoms with Crippen molar-refractivity contribution < 1.29 is 9.53 Å². The van der Waals surface area contributed by atoms with Crippen LogP contribution in [0.25, 0.3) is 0 Å². The Morgan fingerprint density at radius 2 is 2.07 bits per heavy atom. The molecule has 144 valence electrons. The highest BCUT2D eigenvalue weighted by Crippen LogP contribution is 2.18. The van der Waals surface area contributed by atoms with Gasteiger partial charge in [0.1, 0.15) is 5.75 Å². The van der Waals surface area contributed by atoms with Gasteiger partial charge >= 0.3 is 0 Å². The molecule has 0 aliphatic rings. The number of carbonyl (C=O) groups is 1. The number of nitrogens with zero attached hydrogens (tertiary/aromatic N) is 4. The summed E-state index contributed by atoms with van der Waals surface area (Å²) in [5.74, 6) is 7.20. The monoisotopic (exact) mass is 396 g/mol. The molecule has 0 bridgehead atoms. The van der Waals surface area contributed by atoms with Gasteiger partial charge in [-0.15, -0.1) is 10.2 Å². The zero-order chi connectivity index (χ0) is 19.9. The van der Waals surface area contributed by atoms with Gasteiger partial charge in [-0.1, -0.05) is 53.7 Å². The minimum Gasteiger partial charge on any atom is -0.497 e. The average Bonchev–Trinajstić information content (AvgIpc) is 3.06. The van der Waals surface area contributed by atoms with Crippen LogP contribution in [0.2, 0.25) is 0 Å². The molecule has 0 aliphatic heterocycles. The molecule has 8 nitrogen and oxygen atoms in total. The number of nitrogens with one attached hydrogen (secondary N) is 1. The Bertz CT molecular complexity index is 984. The number of thioether (sulfide) groups is 1. The fourth-order valence-electron chi connectivity index (χ4n) is 2.29. The van der Waals surface area contributed by atoms with Crippen molar-refractivity contribution in [2.75, 3.05) is 24.1 Å². The molecule has 2 aromatic carbocycles. The van der Waals surface area contributed by atoms with Crippen LogP contribution in [0.5, 0.6) is 5.75 Å². The van der Waals surface area contributed by atoms with E-state index in [2.05, 4.69) is 20.7 Å². The summed E-state index contributed by atoms with van der Waals surface area (Å²) in [7, 11) is 1.61. The zero-order valence-electron chi connectivity index (χ0n) is 15.5. The molecule has 0 fully saturated rings. The largest absolute Gasteiger partial charge is 0.497 e. The number of ether oxygens (including phenoxy) is 1. The van der Waals surface area contributed by atoms with Crippen molar-refractivity contribution in [1.29, 1.82) is 0 Å². The minimum absolute atomic E-state index is 0.00134. The van der Waals surface area contributed by atoms with Crippen LogP contribution >= 0.6 is 11.8 Å². The summed E-state index contributed by atoms with van der Waals surface area (Å²) in [6.07, 6.45) is 1.62. The number of anilines is 1. The third-order valence-electron chi connectivity index (χ3n) is 3.84. The van der Waals surface area contributed by atoms with E-state index in [1.807, 2.05) is 55.5 Å².